The molecule has 2 aromatic rings. The third-order valence-electron chi connectivity index (χ3n) is 1.81. The number of aryl methyl sites for hydroxylation is 1. The monoisotopic (exact) mass is 182 g/mol. The predicted octanol–water partition coefficient (Wildman–Crippen LogP) is 1.24. The number of aromatic nitrogens is 2. The Kier molecular flexibility index (Phi) is 1.86. The number of aliphatic hydroxyl groups is 1. The summed E-state index contributed by atoms with van der Waals surface area (Å²) in [5.74, 6) is 0. The summed E-state index contributed by atoms with van der Waals surface area (Å²) in [6.07, 6.45) is 2.63. The van der Waals surface area contributed by atoms with Gasteiger partial charge in [-0.15, -0.1) is 11.3 Å². The van der Waals surface area contributed by atoms with Crippen LogP contribution in [-0.2, 0) is 6.42 Å². The lowest BCUT2D eigenvalue weighted by molar-refractivity contribution is 0.298. The molecule has 2 rings (SSSR count). The van der Waals surface area contributed by atoms with Gasteiger partial charge in [-0.3, -0.25) is 4.40 Å². The molecule has 0 saturated carbocycles. The number of rotatable bonds is 2. The summed E-state index contributed by atoms with van der Waals surface area (Å²) in [6, 6.07) is 0. The van der Waals surface area contributed by atoms with E-state index >= 15 is 0 Å². The lowest BCUT2D eigenvalue weighted by atomic mass is 10.3. The van der Waals surface area contributed by atoms with Gasteiger partial charge in [-0.05, 0) is 6.92 Å². The minimum absolute atomic E-state index is 0.171. The van der Waals surface area contributed by atoms with Crippen LogP contribution in [0.4, 0.5) is 0 Å². The van der Waals surface area contributed by atoms with E-state index in [1.807, 2.05) is 13.1 Å². The van der Waals surface area contributed by atoms with Gasteiger partial charge in [0.1, 0.15) is 0 Å². The van der Waals surface area contributed by atoms with Crippen molar-refractivity contribution in [3.63, 3.8) is 0 Å². The minimum Gasteiger partial charge on any atom is -0.396 e. The second-order valence-electron chi connectivity index (χ2n) is 2.74. The molecule has 0 radical (unpaired) electrons. The second kappa shape index (κ2) is 2.88. The highest BCUT2D eigenvalue weighted by Gasteiger charge is 2.03. The largest absolute Gasteiger partial charge is 0.396 e. The molecule has 0 spiro atoms. The zero-order valence-electron chi connectivity index (χ0n) is 6.82. The van der Waals surface area contributed by atoms with Crippen molar-refractivity contribution in [3.05, 3.63) is 23.0 Å². The predicted molar refractivity (Wildman–Crippen MR) is 48.6 cm³/mol. The van der Waals surface area contributed by atoms with E-state index in [1.54, 1.807) is 11.3 Å². The van der Waals surface area contributed by atoms with E-state index < -0.39 is 0 Å². The quantitative estimate of drug-likeness (QED) is 0.758. The van der Waals surface area contributed by atoms with E-state index in [2.05, 4.69) is 14.8 Å². The Hall–Kier alpha value is -0.870. The van der Waals surface area contributed by atoms with Crippen molar-refractivity contribution in [1.29, 1.82) is 0 Å². The highest BCUT2D eigenvalue weighted by molar-refractivity contribution is 7.15. The molecule has 0 aliphatic rings. The highest BCUT2D eigenvalue weighted by atomic mass is 32.1. The lowest BCUT2D eigenvalue weighted by Gasteiger charge is -1.87. The third-order valence-corrected chi connectivity index (χ3v) is 2.76. The standard InChI is InChI=1S/C8H10N2OS/c1-6-5-12-8-9-7(2-3-11)4-10(6)8/h4-5,11H,2-3H2,1H3. The molecular formula is C8H10N2OS. The Bertz CT molecular complexity index is 391. The molecule has 0 aliphatic heterocycles. The molecule has 0 bridgehead atoms. The van der Waals surface area contributed by atoms with Crippen molar-refractivity contribution in [3.8, 4) is 0 Å². The third kappa shape index (κ3) is 1.13. The van der Waals surface area contributed by atoms with Gasteiger partial charge < -0.3 is 5.11 Å². The van der Waals surface area contributed by atoms with Crippen LogP contribution in [0.15, 0.2) is 11.6 Å². The van der Waals surface area contributed by atoms with Gasteiger partial charge in [0.2, 0.25) is 0 Å². The average molecular weight is 182 g/mol. The van der Waals surface area contributed by atoms with Gasteiger partial charge >= 0.3 is 0 Å². The maximum Gasteiger partial charge on any atom is 0.194 e. The average Bonchev–Trinajstić information content (AvgIpc) is 2.55. The molecule has 2 aromatic heterocycles. The Balaban J connectivity index is 2.48. The fraction of sp³-hybridized carbons (Fsp3) is 0.375. The van der Waals surface area contributed by atoms with Crippen molar-refractivity contribution < 1.29 is 5.11 Å². The molecule has 0 fully saturated rings. The Morgan fingerprint density at radius 2 is 2.50 bits per heavy atom. The van der Waals surface area contributed by atoms with Crippen molar-refractivity contribution in [1.82, 2.24) is 9.38 Å². The number of fused-ring (bicyclic) bond motifs is 1. The fourth-order valence-electron chi connectivity index (χ4n) is 1.18. The van der Waals surface area contributed by atoms with Crippen molar-refractivity contribution in [2.75, 3.05) is 6.61 Å². The van der Waals surface area contributed by atoms with Gasteiger partial charge in [-0.2, -0.15) is 0 Å². The van der Waals surface area contributed by atoms with E-state index in [0.717, 1.165) is 10.7 Å². The topological polar surface area (TPSA) is 37.5 Å². The van der Waals surface area contributed by atoms with Gasteiger partial charge in [0, 0.05) is 30.3 Å². The SMILES string of the molecule is Cc1csc2nc(CCO)cn12. The van der Waals surface area contributed by atoms with Crippen LogP contribution in [0.25, 0.3) is 4.96 Å². The number of thiazole rings is 1. The molecule has 64 valence electrons. The molecule has 12 heavy (non-hydrogen) atoms. The summed E-state index contributed by atoms with van der Waals surface area (Å²) in [5.41, 5.74) is 2.17. The molecule has 1 N–H and O–H groups in total. The normalized spacial score (nSPS) is 11.2. The van der Waals surface area contributed by atoms with E-state index in [4.69, 9.17) is 5.11 Å². The van der Waals surface area contributed by atoms with Gasteiger partial charge in [-0.25, -0.2) is 4.98 Å². The molecule has 0 aromatic carbocycles. The zero-order valence-corrected chi connectivity index (χ0v) is 7.64. The van der Waals surface area contributed by atoms with Gasteiger partial charge in [0.25, 0.3) is 0 Å². The number of hydrogen-bond acceptors (Lipinski definition) is 3. The fourth-order valence-corrected chi connectivity index (χ4v) is 2.05. The van der Waals surface area contributed by atoms with Crippen LogP contribution >= 0.6 is 11.3 Å². The molecule has 0 atom stereocenters. The summed E-state index contributed by atoms with van der Waals surface area (Å²) >= 11 is 1.63. The summed E-state index contributed by atoms with van der Waals surface area (Å²) < 4.78 is 2.05. The summed E-state index contributed by atoms with van der Waals surface area (Å²) in [5, 5.41) is 10.8. The smallest absolute Gasteiger partial charge is 0.194 e. The van der Waals surface area contributed by atoms with Gasteiger partial charge in [0.15, 0.2) is 4.96 Å². The van der Waals surface area contributed by atoms with E-state index in [9.17, 15) is 0 Å². The zero-order chi connectivity index (χ0) is 8.55. The summed E-state index contributed by atoms with van der Waals surface area (Å²) in [6.45, 7) is 2.22. The summed E-state index contributed by atoms with van der Waals surface area (Å²) in [4.78, 5) is 5.35. The Morgan fingerprint density at radius 1 is 1.67 bits per heavy atom. The first-order chi connectivity index (χ1) is 5.81. The lowest BCUT2D eigenvalue weighted by Crippen LogP contribution is -1.89. The molecule has 2 heterocycles. The van der Waals surface area contributed by atoms with Crippen LogP contribution in [0.5, 0.6) is 0 Å². The molecule has 0 unspecified atom stereocenters. The second-order valence-corrected chi connectivity index (χ2v) is 3.57. The number of aliphatic hydroxyl groups excluding tert-OH is 1. The Labute approximate surface area is 74.3 Å². The van der Waals surface area contributed by atoms with Crippen LogP contribution in [0.3, 0.4) is 0 Å². The van der Waals surface area contributed by atoms with Crippen LogP contribution in [-0.4, -0.2) is 21.1 Å². The minimum atomic E-state index is 0.171. The van der Waals surface area contributed by atoms with E-state index in [1.165, 1.54) is 5.69 Å². The maximum absolute atomic E-state index is 8.71. The van der Waals surface area contributed by atoms with Gasteiger partial charge in [0.05, 0.1) is 5.69 Å². The van der Waals surface area contributed by atoms with Crippen molar-refractivity contribution in [2.45, 2.75) is 13.3 Å². The van der Waals surface area contributed by atoms with Crippen LogP contribution < -0.4 is 0 Å². The van der Waals surface area contributed by atoms with Crippen molar-refractivity contribution in [2.24, 2.45) is 0 Å². The van der Waals surface area contributed by atoms with E-state index in [-0.39, 0.29) is 6.61 Å². The van der Waals surface area contributed by atoms with Crippen LogP contribution in [0.1, 0.15) is 11.4 Å². The molecule has 4 heteroatoms. The first kappa shape index (κ1) is 7.76. The maximum atomic E-state index is 8.71. The molecule has 3 nitrogen and oxygen atoms in total. The van der Waals surface area contributed by atoms with Gasteiger partial charge in [-0.1, -0.05) is 0 Å². The Morgan fingerprint density at radius 3 is 3.17 bits per heavy atom. The highest BCUT2D eigenvalue weighted by Crippen LogP contribution is 2.15. The molecule has 0 saturated heterocycles. The van der Waals surface area contributed by atoms with E-state index in [0.29, 0.717) is 6.42 Å². The number of hydrogen-bond donors (Lipinski definition) is 1. The van der Waals surface area contributed by atoms with Crippen LogP contribution in [0, 0.1) is 6.92 Å². The molecule has 0 amide bonds. The number of nitrogens with zero attached hydrogens (tertiary/aromatic N) is 2. The molecule has 0 aliphatic carbocycles. The molecular weight excluding hydrogens is 172 g/mol. The summed E-state index contributed by atoms with van der Waals surface area (Å²) in [7, 11) is 0. The van der Waals surface area contributed by atoms with Crippen LogP contribution in [0.2, 0.25) is 0 Å². The number of imidazole rings is 1. The van der Waals surface area contributed by atoms with Crippen molar-refractivity contribution >= 4 is 16.3 Å². The first-order valence-electron chi connectivity index (χ1n) is 3.84. The first-order valence-corrected chi connectivity index (χ1v) is 4.72.